The lowest BCUT2D eigenvalue weighted by molar-refractivity contribution is -0.117. The summed E-state index contributed by atoms with van der Waals surface area (Å²) in [5.74, 6) is 0.0612. The highest BCUT2D eigenvalue weighted by molar-refractivity contribution is 7.85. The van der Waals surface area contributed by atoms with Crippen LogP contribution in [0.15, 0.2) is 18.2 Å². The number of aryl methyl sites for hydroxylation is 2. The van der Waals surface area contributed by atoms with E-state index in [2.05, 4.69) is 24.1 Å². The molecule has 0 spiro atoms. The van der Waals surface area contributed by atoms with Gasteiger partial charge in [0.15, 0.2) is 0 Å². The molecule has 0 aliphatic carbocycles. The van der Waals surface area contributed by atoms with Gasteiger partial charge in [0.1, 0.15) is 0 Å². The van der Waals surface area contributed by atoms with Gasteiger partial charge in [-0.05, 0) is 38.1 Å². The van der Waals surface area contributed by atoms with E-state index < -0.39 is 10.1 Å². The maximum Gasteiger partial charge on any atom is 0.261 e. The van der Waals surface area contributed by atoms with Crippen molar-refractivity contribution < 1.29 is 17.8 Å². The predicted octanol–water partition coefficient (Wildman–Crippen LogP) is 2.09. The van der Waals surface area contributed by atoms with E-state index in [0.29, 0.717) is 12.8 Å². The van der Waals surface area contributed by atoms with Gasteiger partial charge < -0.3 is 5.32 Å². The molecule has 2 N–H and O–H groups in total. The van der Waals surface area contributed by atoms with Gasteiger partial charge in [0.25, 0.3) is 10.1 Å². The lowest BCUT2D eigenvalue weighted by Crippen LogP contribution is -2.33. The van der Waals surface area contributed by atoms with Gasteiger partial charge in [0.2, 0.25) is 5.91 Å². The second kappa shape index (κ2) is 9.55. The minimum absolute atomic E-state index is 0.0612. The fraction of sp³-hybridized carbons (Fsp3) is 0.533. The van der Waals surface area contributed by atoms with Crippen LogP contribution in [-0.2, 0) is 14.9 Å². The average molecular weight is 330 g/mol. The molecule has 126 valence electrons. The summed E-state index contributed by atoms with van der Waals surface area (Å²) in [6.45, 7) is 10.4. The monoisotopic (exact) mass is 330 g/mol. The molecule has 22 heavy (non-hydrogen) atoms. The standard InChI is InChI=1S/C14H22N2O.CH4O3S/c1-5-16(6-2)10-13(17)15-14-11(3)8-7-9-12(14)4;1-5(2,3)4/h7-9H,5-6,10H2,1-4H3,(H,15,17);1H3,(H,2,3,4). The number of amides is 1. The Labute approximate surface area is 133 Å². The molecule has 1 aromatic rings. The normalized spacial score (nSPS) is 10.9. The number of benzene rings is 1. The van der Waals surface area contributed by atoms with Gasteiger partial charge in [-0.15, -0.1) is 0 Å². The van der Waals surface area contributed by atoms with Crippen LogP contribution in [0.4, 0.5) is 5.69 Å². The van der Waals surface area contributed by atoms with Gasteiger partial charge in [-0.2, -0.15) is 8.42 Å². The molecular weight excluding hydrogens is 304 g/mol. The Kier molecular flexibility index (Phi) is 8.93. The third-order valence-corrected chi connectivity index (χ3v) is 3.01. The first-order valence-corrected chi connectivity index (χ1v) is 8.94. The van der Waals surface area contributed by atoms with Crippen molar-refractivity contribution in [3.63, 3.8) is 0 Å². The van der Waals surface area contributed by atoms with E-state index in [1.165, 1.54) is 0 Å². The number of hydrogen-bond acceptors (Lipinski definition) is 4. The predicted molar refractivity (Wildman–Crippen MR) is 89.8 cm³/mol. The lowest BCUT2D eigenvalue weighted by Gasteiger charge is -2.18. The van der Waals surface area contributed by atoms with Gasteiger partial charge in [0.05, 0.1) is 12.8 Å². The average Bonchev–Trinajstić information content (AvgIpc) is 2.38. The van der Waals surface area contributed by atoms with Crippen LogP contribution in [-0.4, -0.2) is 49.7 Å². The van der Waals surface area contributed by atoms with Crippen molar-refractivity contribution in [2.45, 2.75) is 27.7 Å². The molecule has 6 nitrogen and oxygen atoms in total. The fourth-order valence-electron chi connectivity index (χ4n) is 1.84. The number of anilines is 1. The van der Waals surface area contributed by atoms with E-state index in [9.17, 15) is 13.2 Å². The van der Waals surface area contributed by atoms with Crippen LogP contribution in [0.1, 0.15) is 25.0 Å². The molecule has 1 aromatic carbocycles. The zero-order valence-corrected chi connectivity index (χ0v) is 14.7. The van der Waals surface area contributed by atoms with Gasteiger partial charge in [-0.3, -0.25) is 14.2 Å². The second-order valence-electron chi connectivity index (χ2n) is 5.01. The zero-order chi connectivity index (χ0) is 17.3. The van der Waals surface area contributed by atoms with Crippen molar-refractivity contribution >= 4 is 21.7 Å². The van der Waals surface area contributed by atoms with Crippen molar-refractivity contribution in [2.24, 2.45) is 0 Å². The summed E-state index contributed by atoms with van der Waals surface area (Å²) < 4.78 is 25.9. The summed E-state index contributed by atoms with van der Waals surface area (Å²) in [5.41, 5.74) is 3.17. The number of nitrogens with zero attached hydrogens (tertiary/aromatic N) is 1. The van der Waals surface area contributed by atoms with Crippen LogP contribution in [0.2, 0.25) is 0 Å². The quantitative estimate of drug-likeness (QED) is 0.807. The van der Waals surface area contributed by atoms with E-state index in [-0.39, 0.29) is 5.91 Å². The number of nitrogens with one attached hydrogen (secondary N) is 1. The number of hydrogen-bond donors (Lipinski definition) is 2. The molecule has 0 saturated heterocycles. The van der Waals surface area contributed by atoms with Crippen LogP contribution in [0.3, 0.4) is 0 Å². The third kappa shape index (κ3) is 9.49. The fourth-order valence-corrected chi connectivity index (χ4v) is 1.84. The number of para-hydroxylation sites is 1. The summed E-state index contributed by atoms with van der Waals surface area (Å²) in [5, 5.41) is 3.00. The number of rotatable bonds is 5. The first-order chi connectivity index (χ1) is 10.1. The molecule has 0 atom stereocenters. The van der Waals surface area contributed by atoms with Gasteiger partial charge in [0, 0.05) is 5.69 Å². The van der Waals surface area contributed by atoms with Gasteiger partial charge in [-0.1, -0.05) is 32.0 Å². The summed E-state index contributed by atoms with van der Waals surface area (Å²) in [6, 6.07) is 6.03. The molecular formula is C15H26N2O4S. The zero-order valence-electron chi connectivity index (χ0n) is 13.9. The summed E-state index contributed by atoms with van der Waals surface area (Å²) >= 11 is 0. The Morgan fingerprint density at radius 1 is 1.18 bits per heavy atom. The minimum atomic E-state index is -3.67. The van der Waals surface area contributed by atoms with Gasteiger partial charge >= 0.3 is 0 Å². The molecule has 1 amide bonds. The van der Waals surface area contributed by atoms with E-state index >= 15 is 0 Å². The molecule has 0 aliphatic heterocycles. The largest absolute Gasteiger partial charge is 0.324 e. The summed E-state index contributed by atoms with van der Waals surface area (Å²) in [7, 11) is -3.67. The molecule has 0 unspecified atom stereocenters. The molecule has 0 bridgehead atoms. The first-order valence-electron chi connectivity index (χ1n) is 7.09. The summed E-state index contributed by atoms with van der Waals surface area (Å²) in [6.07, 6.45) is 0.715. The van der Waals surface area contributed by atoms with Crippen LogP contribution in [0, 0.1) is 13.8 Å². The number of carbonyl (C=O) groups is 1. The Bertz CT molecular complexity index is 553. The molecule has 7 heteroatoms. The van der Waals surface area contributed by atoms with E-state index in [4.69, 9.17) is 4.55 Å². The Hall–Kier alpha value is -1.44. The van der Waals surface area contributed by atoms with Crippen molar-refractivity contribution in [3.05, 3.63) is 29.3 Å². The lowest BCUT2D eigenvalue weighted by atomic mass is 10.1. The smallest absolute Gasteiger partial charge is 0.261 e. The topological polar surface area (TPSA) is 86.7 Å². The highest BCUT2D eigenvalue weighted by atomic mass is 32.2. The molecule has 0 heterocycles. The highest BCUT2D eigenvalue weighted by Gasteiger charge is 2.09. The molecule has 0 fully saturated rings. The first kappa shape index (κ1) is 20.6. The van der Waals surface area contributed by atoms with E-state index in [1.54, 1.807) is 0 Å². The van der Waals surface area contributed by atoms with Crippen molar-refractivity contribution in [3.8, 4) is 0 Å². The Morgan fingerprint density at radius 3 is 1.95 bits per heavy atom. The van der Waals surface area contributed by atoms with E-state index in [0.717, 1.165) is 29.9 Å². The SMILES string of the molecule is CCN(CC)CC(=O)Nc1c(C)cccc1C.CS(=O)(=O)O. The van der Waals surface area contributed by atoms with Crippen molar-refractivity contribution in [1.29, 1.82) is 0 Å². The van der Waals surface area contributed by atoms with Gasteiger partial charge in [-0.25, -0.2) is 0 Å². The molecule has 0 radical (unpaired) electrons. The molecule has 0 aliphatic rings. The Balaban J connectivity index is 0.000000763. The van der Waals surface area contributed by atoms with Crippen LogP contribution >= 0.6 is 0 Å². The highest BCUT2D eigenvalue weighted by Crippen LogP contribution is 2.19. The van der Waals surface area contributed by atoms with Crippen LogP contribution < -0.4 is 5.32 Å². The van der Waals surface area contributed by atoms with Crippen LogP contribution in [0.5, 0.6) is 0 Å². The Morgan fingerprint density at radius 2 is 1.59 bits per heavy atom. The number of likely N-dealkylation sites (N-methyl/N-ethyl adjacent to an activating group) is 1. The molecule has 0 saturated carbocycles. The van der Waals surface area contributed by atoms with Crippen molar-refractivity contribution in [2.75, 3.05) is 31.2 Å². The van der Waals surface area contributed by atoms with Crippen molar-refractivity contribution in [1.82, 2.24) is 4.90 Å². The summed E-state index contributed by atoms with van der Waals surface area (Å²) in [4.78, 5) is 14.0. The minimum Gasteiger partial charge on any atom is -0.324 e. The molecule has 0 aromatic heterocycles. The molecule has 1 rings (SSSR count). The third-order valence-electron chi connectivity index (χ3n) is 3.01. The number of carbonyl (C=O) groups excluding carboxylic acids is 1. The maximum atomic E-state index is 11.9. The second-order valence-corrected chi connectivity index (χ2v) is 6.48. The maximum absolute atomic E-state index is 11.9. The van der Waals surface area contributed by atoms with E-state index in [1.807, 2.05) is 32.0 Å². The van der Waals surface area contributed by atoms with Crippen LogP contribution in [0.25, 0.3) is 0 Å².